The number of carbonyl (C=O) groups excluding carboxylic acids is 1. The average Bonchev–Trinajstić information content (AvgIpc) is 3.13. The molecule has 0 spiro atoms. The summed E-state index contributed by atoms with van der Waals surface area (Å²) < 4.78 is 0. The van der Waals surface area contributed by atoms with Gasteiger partial charge in [0.25, 0.3) is 0 Å². The molecular weight excluding hydrogens is 344 g/mol. The molecule has 0 atom stereocenters. The van der Waals surface area contributed by atoms with Crippen LogP contribution in [0.15, 0.2) is 34.2 Å². The van der Waals surface area contributed by atoms with Crippen molar-refractivity contribution in [3.05, 3.63) is 29.8 Å². The number of hydrogen-bond acceptors (Lipinski definition) is 3. The molecule has 0 radical (unpaired) electrons. The summed E-state index contributed by atoms with van der Waals surface area (Å²) in [6.07, 6.45) is 6.22. The number of thioether (sulfide) groups is 1. The SMILES string of the molecule is CCNC(=NCc1ccc(SC)cc1)NCC1(C(=O)N(C)C)CCCC1. The monoisotopic (exact) mass is 376 g/mol. The number of carbonyl (C=O) groups is 1. The zero-order chi connectivity index (χ0) is 19.0. The van der Waals surface area contributed by atoms with Crippen LogP contribution >= 0.6 is 11.8 Å². The first-order chi connectivity index (χ1) is 12.5. The van der Waals surface area contributed by atoms with Gasteiger partial charge in [-0.15, -0.1) is 11.8 Å². The van der Waals surface area contributed by atoms with Crippen molar-refractivity contribution >= 4 is 23.6 Å². The lowest BCUT2D eigenvalue weighted by Gasteiger charge is -2.31. The highest BCUT2D eigenvalue weighted by atomic mass is 32.2. The van der Waals surface area contributed by atoms with Gasteiger partial charge < -0.3 is 15.5 Å². The Morgan fingerprint density at radius 1 is 1.19 bits per heavy atom. The van der Waals surface area contributed by atoms with Gasteiger partial charge in [-0.1, -0.05) is 25.0 Å². The second-order valence-electron chi connectivity index (χ2n) is 7.08. The Balaban J connectivity index is 2.02. The van der Waals surface area contributed by atoms with Crippen molar-refractivity contribution < 1.29 is 4.79 Å². The van der Waals surface area contributed by atoms with Crippen molar-refractivity contribution in [1.82, 2.24) is 15.5 Å². The molecule has 0 aliphatic heterocycles. The fourth-order valence-corrected chi connectivity index (χ4v) is 3.90. The molecule has 5 nitrogen and oxygen atoms in total. The second-order valence-corrected chi connectivity index (χ2v) is 7.96. The van der Waals surface area contributed by atoms with Gasteiger partial charge in [-0.3, -0.25) is 4.79 Å². The summed E-state index contributed by atoms with van der Waals surface area (Å²) >= 11 is 1.74. The van der Waals surface area contributed by atoms with Crippen LogP contribution in [0, 0.1) is 5.41 Å². The molecule has 0 heterocycles. The molecular formula is C20H32N4OS. The maximum atomic E-state index is 12.7. The summed E-state index contributed by atoms with van der Waals surface area (Å²) in [7, 11) is 3.69. The number of benzene rings is 1. The number of amides is 1. The van der Waals surface area contributed by atoms with E-state index in [2.05, 4.69) is 48.1 Å². The third-order valence-electron chi connectivity index (χ3n) is 4.94. The van der Waals surface area contributed by atoms with Gasteiger partial charge in [0.1, 0.15) is 0 Å². The van der Waals surface area contributed by atoms with E-state index in [1.54, 1.807) is 16.7 Å². The van der Waals surface area contributed by atoms with Gasteiger partial charge in [-0.25, -0.2) is 4.99 Å². The van der Waals surface area contributed by atoms with Gasteiger partial charge in [0.15, 0.2) is 5.96 Å². The summed E-state index contributed by atoms with van der Waals surface area (Å²) in [5.74, 6) is 1.00. The van der Waals surface area contributed by atoms with Crippen LogP contribution in [0.1, 0.15) is 38.2 Å². The van der Waals surface area contributed by atoms with Gasteiger partial charge in [0.2, 0.25) is 5.91 Å². The molecule has 26 heavy (non-hydrogen) atoms. The first-order valence-electron chi connectivity index (χ1n) is 9.37. The van der Waals surface area contributed by atoms with Gasteiger partial charge in [-0.2, -0.15) is 0 Å². The van der Waals surface area contributed by atoms with Crippen molar-refractivity contribution in [2.45, 2.75) is 44.0 Å². The molecule has 1 aliphatic rings. The van der Waals surface area contributed by atoms with E-state index in [0.29, 0.717) is 13.1 Å². The van der Waals surface area contributed by atoms with Crippen molar-refractivity contribution in [2.24, 2.45) is 10.4 Å². The molecule has 1 saturated carbocycles. The number of nitrogens with one attached hydrogen (secondary N) is 2. The standard InChI is InChI=1S/C20H32N4OS/c1-5-21-19(22-14-16-8-10-17(26-4)11-9-16)23-15-20(12-6-7-13-20)18(25)24(2)3/h8-11H,5-7,12-15H2,1-4H3,(H2,21,22,23). The van der Waals surface area contributed by atoms with Crippen LogP contribution in [0.4, 0.5) is 0 Å². The molecule has 1 fully saturated rings. The summed E-state index contributed by atoms with van der Waals surface area (Å²) in [6, 6.07) is 8.48. The van der Waals surface area contributed by atoms with Gasteiger partial charge >= 0.3 is 0 Å². The number of aliphatic imine (C=N–C) groups is 1. The zero-order valence-electron chi connectivity index (χ0n) is 16.5. The van der Waals surface area contributed by atoms with Crippen molar-refractivity contribution in [1.29, 1.82) is 0 Å². The highest BCUT2D eigenvalue weighted by Crippen LogP contribution is 2.38. The van der Waals surface area contributed by atoms with Gasteiger partial charge in [0, 0.05) is 32.1 Å². The Hall–Kier alpha value is -1.69. The van der Waals surface area contributed by atoms with E-state index in [0.717, 1.165) is 38.2 Å². The molecule has 0 unspecified atom stereocenters. The number of hydrogen-bond donors (Lipinski definition) is 2. The minimum absolute atomic E-state index is 0.228. The number of rotatable bonds is 7. The highest BCUT2D eigenvalue weighted by molar-refractivity contribution is 7.98. The zero-order valence-corrected chi connectivity index (χ0v) is 17.3. The topological polar surface area (TPSA) is 56.7 Å². The number of nitrogens with zero attached hydrogens (tertiary/aromatic N) is 2. The molecule has 144 valence electrons. The fraction of sp³-hybridized carbons (Fsp3) is 0.600. The molecule has 0 aromatic heterocycles. The minimum atomic E-state index is -0.292. The Labute approximate surface area is 162 Å². The van der Waals surface area contributed by atoms with Crippen LogP contribution in [-0.2, 0) is 11.3 Å². The summed E-state index contributed by atoms with van der Waals surface area (Å²) in [6.45, 7) is 4.12. The van der Waals surface area contributed by atoms with E-state index in [4.69, 9.17) is 4.99 Å². The molecule has 2 N–H and O–H groups in total. The lowest BCUT2D eigenvalue weighted by Crippen LogP contribution is -2.49. The molecule has 1 amide bonds. The Morgan fingerprint density at radius 2 is 1.85 bits per heavy atom. The van der Waals surface area contributed by atoms with Crippen LogP contribution in [-0.4, -0.2) is 50.2 Å². The Morgan fingerprint density at radius 3 is 2.38 bits per heavy atom. The van der Waals surface area contributed by atoms with E-state index in [1.807, 2.05) is 14.1 Å². The Bertz CT molecular complexity index is 607. The second kappa shape index (κ2) is 9.86. The van der Waals surface area contributed by atoms with E-state index in [1.165, 1.54) is 10.5 Å². The molecule has 0 saturated heterocycles. The Kier molecular flexibility index (Phi) is 7.82. The molecule has 2 rings (SSSR count). The summed E-state index contributed by atoms with van der Waals surface area (Å²) in [4.78, 5) is 20.4. The quantitative estimate of drug-likeness (QED) is 0.436. The normalized spacial score (nSPS) is 16.4. The first kappa shape index (κ1) is 20.6. The highest BCUT2D eigenvalue weighted by Gasteiger charge is 2.42. The predicted molar refractivity (Wildman–Crippen MR) is 111 cm³/mol. The molecule has 6 heteroatoms. The van der Waals surface area contributed by atoms with Crippen molar-refractivity contribution in [2.75, 3.05) is 33.4 Å². The van der Waals surface area contributed by atoms with Crippen molar-refractivity contribution in [3.63, 3.8) is 0 Å². The average molecular weight is 377 g/mol. The molecule has 1 aliphatic carbocycles. The van der Waals surface area contributed by atoms with Crippen LogP contribution in [0.5, 0.6) is 0 Å². The number of guanidine groups is 1. The molecule has 1 aromatic carbocycles. The van der Waals surface area contributed by atoms with Crippen molar-refractivity contribution in [3.8, 4) is 0 Å². The fourth-order valence-electron chi connectivity index (χ4n) is 3.49. The van der Waals surface area contributed by atoms with Crippen LogP contribution in [0.2, 0.25) is 0 Å². The largest absolute Gasteiger partial charge is 0.357 e. The first-order valence-corrected chi connectivity index (χ1v) is 10.6. The predicted octanol–water partition coefficient (Wildman–Crippen LogP) is 3.11. The summed E-state index contributed by atoms with van der Waals surface area (Å²) in [5, 5.41) is 6.71. The summed E-state index contributed by atoms with van der Waals surface area (Å²) in [5.41, 5.74) is 0.889. The van der Waals surface area contributed by atoms with Crippen LogP contribution in [0.25, 0.3) is 0 Å². The third kappa shape index (κ3) is 5.40. The van der Waals surface area contributed by atoms with Gasteiger partial charge in [0.05, 0.1) is 12.0 Å². The smallest absolute Gasteiger partial charge is 0.230 e. The van der Waals surface area contributed by atoms with E-state index in [9.17, 15) is 4.79 Å². The van der Waals surface area contributed by atoms with E-state index < -0.39 is 0 Å². The van der Waals surface area contributed by atoms with Gasteiger partial charge in [-0.05, 0) is 43.7 Å². The third-order valence-corrected chi connectivity index (χ3v) is 5.68. The van der Waals surface area contributed by atoms with E-state index in [-0.39, 0.29) is 11.3 Å². The lowest BCUT2D eigenvalue weighted by molar-refractivity contribution is -0.138. The molecule has 0 bridgehead atoms. The maximum absolute atomic E-state index is 12.7. The lowest BCUT2D eigenvalue weighted by atomic mass is 9.84. The van der Waals surface area contributed by atoms with Crippen LogP contribution in [0.3, 0.4) is 0 Å². The van der Waals surface area contributed by atoms with Crippen LogP contribution < -0.4 is 10.6 Å². The van der Waals surface area contributed by atoms with E-state index >= 15 is 0 Å². The maximum Gasteiger partial charge on any atom is 0.230 e. The molecule has 1 aromatic rings. The minimum Gasteiger partial charge on any atom is -0.357 e.